The third-order valence-corrected chi connectivity index (χ3v) is 7.97. The van der Waals surface area contributed by atoms with Crippen molar-refractivity contribution in [2.24, 2.45) is 23.7 Å². The number of likely N-dealkylation sites (tertiary alicyclic amines) is 1. The van der Waals surface area contributed by atoms with Gasteiger partial charge in [-0.05, 0) is 63.3 Å². The zero-order valence-corrected chi connectivity index (χ0v) is 22.8. The highest BCUT2D eigenvalue weighted by Crippen LogP contribution is 2.45. The lowest BCUT2D eigenvalue weighted by atomic mass is 9.69. The third-order valence-electron chi connectivity index (χ3n) is 7.97. The summed E-state index contributed by atoms with van der Waals surface area (Å²) in [5.41, 5.74) is 1.78. The highest BCUT2D eigenvalue weighted by Gasteiger charge is 2.56. The SMILES string of the molecule is CC[C@@H]1C=C[C@H]2[C@@H](C(=O)N(CCCCCCO)[C@@H]2C(=O)Nc2ccc(N(CC)CC)cc2)[C@@H]1C(=O)NC. The molecular formula is C29H44N4O4. The van der Waals surface area contributed by atoms with Gasteiger partial charge in [0.05, 0.1) is 11.8 Å². The number of aliphatic hydroxyl groups is 1. The molecule has 1 saturated heterocycles. The van der Waals surface area contributed by atoms with Gasteiger partial charge >= 0.3 is 0 Å². The van der Waals surface area contributed by atoms with Crippen LogP contribution in [-0.4, -0.2) is 67.1 Å². The number of allylic oxidation sites excluding steroid dienone is 1. The van der Waals surface area contributed by atoms with E-state index in [0.717, 1.165) is 50.9 Å². The molecule has 0 bridgehead atoms. The maximum atomic E-state index is 13.8. The lowest BCUT2D eigenvalue weighted by molar-refractivity contribution is -0.140. The van der Waals surface area contributed by atoms with Gasteiger partial charge in [0.1, 0.15) is 6.04 Å². The minimum atomic E-state index is -0.668. The Balaban J connectivity index is 1.86. The number of hydrogen-bond donors (Lipinski definition) is 3. The van der Waals surface area contributed by atoms with E-state index in [0.29, 0.717) is 12.2 Å². The van der Waals surface area contributed by atoms with Gasteiger partial charge in [-0.2, -0.15) is 0 Å². The van der Waals surface area contributed by atoms with Crippen LogP contribution in [0.25, 0.3) is 0 Å². The molecule has 0 spiro atoms. The average molecular weight is 513 g/mol. The molecule has 8 heteroatoms. The van der Waals surface area contributed by atoms with Gasteiger partial charge in [-0.25, -0.2) is 0 Å². The van der Waals surface area contributed by atoms with Gasteiger partial charge in [0.2, 0.25) is 17.7 Å². The van der Waals surface area contributed by atoms with Crippen LogP contribution < -0.4 is 15.5 Å². The fraction of sp³-hybridized carbons (Fsp3) is 0.621. The molecular weight excluding hydrogens is 468 g/mol. The summed E-state index contributed by atoms with van der Waals surface area (Å²) in [6.45, 7) is 8.66. The maximum absolute atomic E-state index is 13.8. The van der Waals surface area contributed by atoms with E-state index in [1.54, 1.807) is 11.9 Å². The van der Waals surface area contributed by atoms with Crippen LogP contribution in [0.15, 0.2) is 36.4 Å². The lowest BCUT2D eigenvalue weighted by Crippen LogP contribution is -2.45. The first-order valence-electron chi connectivity index (χ1n) is 13.9. The van der Waals surface area contributed by atoms with Crippen molar-refractivity contribution in [1.82, 2.24) is 10.2 Å². The van der Waals surface area contributed by atoms with E-state index in [1.807, 2.05) is 43.3 Å². The van der Waals surface area contributed by atoms with E-state index in [1.165, 1.54) is 0 Å². The van der Waals surface area contributed by atoms with E-state index in [4.69, 9.17) is 5.11 Å². The van der Waals surface area contributed by atoms with Gasteiger partial charge in [-0.1, -0.05) is 31.9 Å². The number of benzene rings is 1. The Kier molecular flexibility index (Phi) is 10.6. The second kappa shape index (κ2) is 13.6. The number of carbonyl (C=O) groups is 3. The quantitative estimate of drug-likeness (QED) is 0.278. The van der Waals surface area contributed by atoms with E-state index in [-0.39, 0.29) is 36.2 Å². The molecule has 1 aromatic rings. The van der Waals surface area contributed by atoms with E-state index in [2.05, 4.69) is 29.4 Å². The topological polar surface area (TPSA) is 102 Å². The molecule has 1 aliphatic carbocycles. The summed E-state index contributed by atoms with van der Waals surface area (Å²) in [4.78, 5) is 44.4. The lowest BCUT2D eigenvalue weighted by Gasteiger charge is -2.33. The van der Waals surface area contributed by atoms with Gasteiger partial charge in [-0.3, -0.25) is 14.4 Å². The number of nitrogens with one attached hydrogen (secondary N) is 2. The molecule has 5 atom stereocenters. The van der Waals surface area contributed by atoms with Crippen LogP contribution in [0.3, 0.4) is 0 Å². The molecule has 1 aromatic carbocycles. The summed E-state index contributed by atoms with van der Waals surface area (Å²) in [7, 11) is 1.60. The van der Waals surface area contributed by atoms with Gasteiger partial charge in [0, 0.05) is 50.6 Å². The molecule has 3 N–H and O–H groups in total. The molecule has 0 saturated carbocycles. The predicted octanol–water partition coefficient (Wildman–Crippen LogP) is 3.43. The van der Waals surface area contributed by atoms with Gasteiger partial charge in [0.25, 0.3) is 0 Å². The zero-order chi connectivity index (χ0) is 26.9. The summed E-state index contributed by atoms with van der Waals surface area (Å²) < 4.78 is 0. The van der Waals surface area contributed by atoms with Crippen LogP contribution in [0.2, 0.25) is 0 Å². The Labute approximate surface area is 221 Å². The second-order valence-electron chi connectivity index (χ2n) is 10.0. The van der Waals surface area contributed by atoms with Crippen LogP contribution in [-0.2, 0) is 14.4 Å². The molecule has 3 amide bonds. The molecule has 0 unspecified atom stereocenters. The molecule has 1 heterocycles. The Morgan fingerprint density at radius 2 is 1.65 bits per heavy atom. The average Bonchev–Trinajstić information content (AvgIpc) is 3.20. The van der Waals surface area contributed by atoms with Crippen LogP contribution >= 0.6 is 0 Å². The first-order valence-corrected chi connectivity index (χ1v) is 13.9. The number of unbranched alkanes of at least 4 members (excludes halogenated alkanes) is 3. The molecule has 8 nitrogen and oxygen atoms in total. The fourth-order valence-corrected chi connectivity index (χ4v) is 5.96. The molecule has 37 heavy (non-hydrogen) atoms. The van der Waals surface area contributed by atoms with Crippen LogP contribution in [0.4, 0.5) is 11.4 Å². The summed E-state index contributed by atoms with van der Waals surface area (Å²) in [6, 6.07) is 7.13. The molecule has 204 valence electrons. The number of aliphatic hydroxyl groups excluding tert-OH is 1. The maximum Gasteiger partial charge on any atom is 0.247 e. The monoisotopic (exact) mass is 512 g/mol. The molecule has 3 rings (SSSR count). The Morgan fingerprint density at radius 3 is 2.24 bits per heavy atom. The Morgan fingerprint density at radius 1 is 0.973 bits per heavy atom. The number of nitrogens with zero attached hydrogens (tertiary/aromatic N) is 2. The predicted molar refractivity (Wildman–Crippen MR) is 147 cm³/mol. The zero-order valence-electron chi connectivity index (χ0n) is 22.8. The summed E-state index contributed by atoms with van der Waals surface area (Å²) in [5.74, 6) is -1.90. The number of carbonyl (C=O) groups excluding carboxylic acids is 3. The number of fused-ring (bicyclic) bond motifs is 1. The minimum absolute atomic E-state index is 0.0361. The smallest absolute Gasteiger partial charge is 0.247 e. The van der Waals surface area contributed by atoms with Crippen molar-refractivity contribution >= 4 is 29.1 Å². The van der Waals surface area contributed by atoms with Crippen LogP contribution in [0.5, 0.6) is 0 Å². The van der Waals surface area contributed by atoms with Crippen molar-refractivity contribution in [2.45, 2.75) is 58.9 Å². The second-order valence-corrected chi connectivity index (χ2v) is 10.0. The van der Waals surface area contributed by atoms with Crippen molar-refractivity contribution in [3.63, 3.8) is 0 Å². The van der Waals surface area contributed by atoms with E-state index in [9.17, 15) is 14.4 Å². The van der Waals surface area contributed by atoms with Crippen LogP contribution in [0, 0.1) is 23.7 Å². The van der Waals surface area contributed by atoms with E-state index >= 15 is 0 Å². The first-order chi connectivity index (χ1) is 17.9. The molecule has 0 radical (unpaired) electrons. The molecule has 0 aromatic heterocycles. The number of hydrogen-bond acceptors (Lipinski definition) is 5. The van der Waals surface area contributed by atoms with Crippen molar-refractivity contribution < 1.29 is 19.5 Å². The molecule has 1 aliphatic heterocycles. The van der Waals surface area contributed by atoms with Crippen molar-refractivity contribution in [3.05, 3.63) is 36.4 Å². The van der Waals surface area contributed by atoms with Crippen molar-refractivity contribution in [2.75, 3.05) is 43.5 Å². The Bertz CT molecular complexity index is 944. The highest BCUT2D eigenvalue weighted by molar-refractivity contribution is 6.02. The highest BCUT2D eigenvalue weighted by atomic mass is 16.3. The summed E-state index contributed by atoms with van der Waals surface area (Å²) in [5, 5.41) is 14.9. The Hall–Kier alpha value is -2.87. The summed E-state index contributed by atoms with van der Waals surface area (Å²) in [6.07, 6.45) is 7.99. The molecule has 1 fully saturated rings. The van der Waals surface area contributed by atoms with E-state index < -0.39 is 17.9 Å². The largest absolute Gasteiger partial charge is 0.396 e. The molecule has 2 aliphatic rings. The number of amides is 3. The minimum Gasteiger partial charge on any atom is -0.396 e. The normalized spacial score (nSPS) is 24.6. The van der Waals surface area contributed by atoms with Crippen LogP contribution in [0.1, 0.15) is 52.9 Å². The van der Waals surface area contributed by atoms with Gasteiger partial charge in [-0.15, -0.1) is 0 Å². The first kappa shape index (κ1) is 28.7. The van der Waals surface area contributed by atoms with Crippen molar-refractivity contribution in [1.29, 1.82) is 0 Å². The standard InChI is InChI=1S/C29H44N4O4/c1-5-20-12-17-23-25(24(20)27(35)30-4)29(37)33(18-10-8-9-11-19-34)26(23)28(36)31-21-13-15-22(16-14-21)32(6-2)7-3/h12-17,20,23-26,34H,5-11,18-19H2,1-4H3,(H,30,35)(H,31,36)/t20-,23+,24-,25-,26+/m1/s1. The van der Waals surface area contributed by atoms with Crippen molar-refractivity contribution in [3.8, 4) is 0 Å². The van der Waals surface area contributed by atoms with Gasteiger partial charge in [0.15, 0.2) is 0 Å². The third kappa shape index (κ3) is 6.35. The fourth-order valence-electron chi connectivity index (χ4n) is 5.96. The number of anilines is 2. The summed E-state index contributed by atoms with van der Waals surface area (Å²) >= 11 is 0. The number of rotatable bonds is 13. The van der Waals surface area contributed by atoms with Gasteiger partial charge < -0.3 is 25.5 Å².